The molecule has 2 aromatic carbocycles. The Balaban J connectivity index is 0.00000144. The Kier molecular flexibility index (Phi) is 13.9. The molecule has 0 bridgehead atoms. The summed E-state index contributed by atoms with van der Waals surface area (Å²) in [4.78, 5) is 46.4. The van der Waals surface area contributed by atoms with E-state index in [9.17, 15) is 14.4 Å². The van der Waals surface area contributed by atoms with Gasteiger partial charge in [0, 0.05) is 47.2 Å². The second-order valence-electron chi connectivity index (χ2n) is 11.8. The maximum absolute atomic E-state index is 13.0. The molecular weight excluding hydrogens is 631 g/mol. The predicted molar refractivity (Wildman–Crippen MR) is 197 cm³/mol. The number of thiazole rings is 1. The molecule has 1 aliphatic heterocycles. The monoisotopic (exact) mass is 679 g/mol. The summed E-state index contributed by atoms with van der Waals surface area (Å²) in [5, 5.41) is 10.8. The predicted octanol–water partition coefficient (Wildman–Crippen LogP) is 8.95. The van der Waals surface area contributed by atoms with Crippen molar-refractivity contribution in [1.82, 2.24) is 15.2 Å². The number of carbonyl (C=O) groups excluding carboxylic acids is 3. The van der Waals surface area contributed by atoms with Crippen LogP contribution in [0.5, 0.6) is 0 Å². The van der Waals surface area contributed by atoms with Crippen LogP contribution in [0.15, 0.2) is 48.5 Å². The standard InChI is InChI=1S/C32H37N5O4S2.2C2H6/c1-19(2)33-15-13-26(38)36-30-27(22-14-16-37(18-25(22)43-30)31(40)41-32(3,4)5)29-35-23-17-20(11-12-24(23)42-29)28(39)34-21-9-7-6-8-10-21;2*1-2/h6-12,17,19,33H,13-16,18H2,1-5H3,(H,34,39)(H,36,38);2*1-2H3. The minimum Gasteiger partial charge on any atom is -0.444 e. The highest BCUT2D eigenvalue weighted by atomic mass is 32.1. The summed E-state index contributed by atoms with van der Waals surface area (Å²) in [7, 11) is 0. The molecule has 3 heterocycles. The van der Waals surface area contributed by atoms with E-state index in [1.165, 1.54) is 22.7 Å². The van der Waals surface area contributed by atoms with Crippen molar-refractivity contribution in [3.63, 3.8) is 0 Å². The first kappa shape index (κ1) is 37.7. The number of nitrogens with one attached hydrogen (secondary N) is 3. The molecule has 0 unspecified atom stereocenters. The summed E-state index contributed by atoms with van der Waals surface area (Å²) in [5.74, 6) is -0.293. The van der Waals surface area contributed by atoms with Gasteiger partial charge in [0.15, 0.2) is 0 Å². The Labute approximate surface area is 287 Å². The molecule has 3 amide bonds. The zero-order valence-electron chi connectivity index (χ0n) is 29.1. The minimum atomic E-state index is -0.584. The molecule has 0 saturated heterocycles. The number of anilines is 2. The van der Waals surface area contributed by atoms with Gasteiger partial charge < -0.3 is 25.6 Å². The maximum Gasteiger partial charge on any atom is 0.410 e. The third-order valence-electron chi connectivity index (χ3n) is 6.76. The SMILES string of the molecule is CC.CC.CC(C)NCCC(=O)Nc1sc2c(c1-c1nc3cc(C(=O)Nc4ccccc4)ccc3s1)CCN(C(=O)OC(C)(C)C)C2. The van der Waals surface area contributed by atoms with Gasteiger partial charge in [-0.25, -0.2) is 9.78 Å². The second-order valence-corrected chi connectivity index (χ2v) is 13.9. The number of nitrogens with zero attached hydrogens (tertiary/aromatic N) is 2. The fraction of sp³-hybridized carbons (Fsp3) is 0.444. The van der Waals surface area contributed by atoms with E-state index in [1.807, 2.05) is 98.7 Å². The Hall–Kier alpha value is -3.80. The number of rotatable bonds is 8. The number of hydrogen-bond acceptors (Lipinski definition) is 8. The van der Waals surface area contributed by atoms with Gasteiger partial charge in [-0.1, -0.05) is 59.7 Å². The van der Waals surface area contributed by atoms with Crippen LogP contribution < -0.4 is 16.0 Å². The topological polar surface area (TPSA) is 113 Å². The van der Waals surface area contributed by atoms with Crippen molar-refractivity contribution in [2.75, 3.05) is 23.7 Å². The fourth-order valence-electron chi connectivity index (χ4n) is 4.76. The lowest BCUT2D eigenvalue weighted by atomic mass is 10.0. The van der Waals surface area contributed by atoms with Crippen LogP contribution in [0.25, 0.3) is 20.8 Å². The number of carbonyl (C=O) groups is 3. The molecule has 0 fully saturated rings. The quantitative estimate of drug-likeness (QED) is 0.171. The molecule has 4 aromatic rings. The first-order valence-electron chi connectivity index (χ1n) is 16.4. The lowest BCUT2D eigenvalue weighted by Crippen LogP contribution is -2.39. The smallest absolute Gasteiger partial charge is 0.410 e. The van der Waals surface area contributed by atoms with Crippen molar-refractivity contribution in [2.45, 2.75) is 93.3 Å². The highest BCUT2D eigenvalue weighted by Crippen LogP contribution is 2.46. The molecule has 11 heteroatoms. The van der Waals surface area contributed by atoms with Crippen molar-refractivity contribution in [2.24, 2.45) is 0 Å². The van der Waals surface area contributed by atoms with E-state index >= 15 is 0 Å². The van der Waals surface area contributed by atoms with E-state index in [0.717, 1.165) is 36.4 Å². The van der Waals surface area contributed by atoms with Crippen LogP contribution in [-0.4, -0.2) is 52.5 Å². The Morgan fingerprint density at radius 1 is 0.979 bits per heavy atom. The molecule has 3 N–H and O–H groups in total. The van der Waals surface area contributed by atoms with E-state index in [1.54, 1.807) is 17.0 Å². The fourth-order valence-corrected chi connectivity index (χ4v) is 7.13. The van der Waals surface area contributed by atoms with Crippen molar-refractivity contribution in [3.05, 3.63) is 64.5 Å². The zero-order chi connectivity index (χ0) is 34.7. The van der Waals surface area contributed by atoms with Gasteiger partial charge in [0.25, 0.3) is 5.91 Å². The number of aromatic nitrogens is 1. The molecule has 0 aliphatic carbocycles. The van der Waals surface area contributed by atoms with Crippen LogP contribution in [-0.2, 0) is 22.5 Å². The average Bonchev–Trinajstić information content (AvgIpc) is 3.62. The molecule has 47 heavy (non-hydrogen) atoms. The molecular formula is C36H49N5O4S2. The molecule has 2 aromatic heterocycles. The van der Waals surface area contributed by atoms with Crippen molar-refractivity contribution >= 4 is 61.5 Å². The van der Waals surface area contributed by atoms with Crippen LogP contribution in [0.1, 0.15) is 89.5 Å². The van der Waals surface area contributed by atoms with E-state index in [2.05, 4.69) is 16.0 Å². The van der Waals surface area contributed by atoms with Gasteiger partial charge in [0.1, 0.15) is 15.6 Å². The van der Waals surface area contributed by atoms with Gasteiger partial charge in [0.2, 0.25) is 5.91 Å². The van der Waals surface area contributed by atoms with Gasteiger partial charge in [-0.05, 0) is 63.1 Å². The van der Waals surface area contributed by atoms with Gasteiger partial charge in [-0.3, -0.25) is 9.59 Å². The molecule has 0 saturated carbocycles. The third kappa shape index (κ3) is 10.3. The number of amides is 3. The maximum atomic E-state index is 13.0. The normalized spacial score (nSPS) is 12.3. The first-order chi connectivity index (χ1) is 22.5. The number of para-hydroxylation sites is 1. The largest absolute Gasteiger partial charge is 0.444 e. The summed E-state index contributed by atoms with van der Waals surface area (Å²) in [5.41, 5.74) is 3.34. The summed E-state index contributed by atoms with van der Waals surface area (Å²) >= 11 is 3.01. The first-order valence-corrected chi connectivity index (χ1v) is 18.0. The van der Waals surface area contributed by atoms with E-state index < -0.39 is 5.60 Å². The Morgan fingerprint density at radius 2 is 1.68 bits per heavy atom. The zero-order valence-corrected chi connectivity index (χ0v) is 30.7. The van der Waals surface area contributed by atoms with Crippen LogP contribution in [0, 0.1) is 0 Å². The van der Waals surface area contributed by atoms with Crippen molar-refractivity contribution < 1.29 is 19.1 Å². The van der Waals surface area contributed by atoms with Crippen molar-refractivity contribution in [3.8, 4) is 10.6 Å². The lowest BCUT2D eigenvalue weighted by molar-refractivity contribution is -0.116. The number of ether oxygens (including phenoxy) is 1. The van der Waals surface area contributed by atoms with Crippen LogP contribution >= 0.6 is 22.7 Å². The highest BCUT2D eigenvalue weighted by Gasteiger charge is 2.31. The van der Waals surface area contributed by atoms with E-state index in [4.69, 9.17) is 9.72 Å². The van der Waals surface area contributed by atoms with E-state index in [0.29, 0.717) is 49.6 Å². The number of thiophene rings is 1. The van der Waals surface area contributed by atoms with Crippen LogP contribution in [0.2, 0.25) is 0 Å². The highest BCUT2D eigenvalue weighted by molar-refractivity contribution is 7.23. The lowest BCUT2D eigenvalue weighted by Gasteiger charge is -2.30. The molecule has 0 radical (unpaired) electrons. The van der Waals surface area contributed by atoms with E-state index in [-0.39, 0.29) is 17.9 Å². The van der Waals surface area contributed by atoms with Gasteiger partial charge in [-0.15, -0.1) is 22.7 Å². The molecule has 0 atom stereocenters. The molecule has 5 rings (SSSR count). The Morgan fingerprint density at radius 3 is 2.34 bits per heavy atom. The molecule has 1 aliphatic rings. The number of benzene rings is 2. The molecule has 0 spiro atoms. The average molecular weight is 680 g/mol. The van der Waals surface area contributed by atoms with Crippen LogP contribution in [0.4, 0.5) is 15.5 Å². The third-order valence-corrected chi connectivity index (χ3v) is 8.95. The Bertz CT molecular complexity index is 1640. The van der Waals surface area contributed by atoms with Gasteiger partial charge in [0.05, 0.1) is 16.8 Å². The summed E-state index contributed by atoms with van der Waals surface area (Å²) < 4.78 is 6.56. The number of fused-ring (bicyclic) bond motifs is 2. The van der Waals surface area contributed by atoms with Crippen molar-refractivity contribution in [1.29, 1.82) is 0 Å². The summed E-state index contributed by atoms with van der Waals surface area (Å²) in [6.45, 7) is 19.1. The van der Waals surface area contributed by atoms with Gasteiger partial charge >= 0.3 is 6.09 Å². The second kappa shape index (κ2) is 17.4. The van der Waals surface area contributed by atoms with Crippen LogP contribution in [0.3, 0.4) is 0 Å². The minimum absolute atomic E-state index is 0.0852. The molecule has 254 valence electrons. The summed E-state index contributed by atoms with van der Waals surface area (Å²) in [6.07, 6.45) is 0.607. The number of hydrogen-bond donors (Lipinski definition) is 3. The molecule has 9 nitrogen and oxygen atoms in total. The summed E-state index contributed by atoms with van der Waals surface area (Å²) in [6, 6.07) is 15.1. The van der Waals surface area contributed by atoms with Gasteiger partial charge in [-0.2, -0.15) is 0 Å².